The third-order valence-corrected chi connectivity index (χ3v) is 6.66. The first kappa shape index (κ1) is 24.3. The van der Waals surface area contributed by atoms with Gasteiger partial charge in [-0.15, -0.1) is 11.3 Å². The number of carboxylic acid groups (broad SMARTS) is 1. The Morgan fingerprint density at radius 3 is 2.11 bits per heavy atom. The largest absolute Gasteiger partial charge is 0.480 e. The minimum atomic E-state index is -2.92. The molecule has 2 aromatic carbocycles. The van der Waals surface area contributed by atoms with Gasteiger partial charge in [-0.1, -0.05) is 54.6 Å². The van der Waals surface area contributed by atoms with Crippen LogP contribution in [0.2, 0.25) is 0 Å². The molecule has 7 nitrogen and oxygen atoms in total. The highest BCUT2D eigenvalue weighted by molar-refractivity contribution is 7.10. The summed E-state index contributed by atoms with van der Waals surface area (Å²) in [6, 6.07) is 15.8. The van der Waals surface area contributed by atoms with E-state index in [1.54, 1.807) is 17.5 Å². The maximum Gasteiger partial charge on any atom is 0.408 e. The Morgan fingerprint density at radius 2 is 1.57 bits per heavy atom. The lowest BCUT2D eigenvalue weighted by atomic mass is 9.98. The van der Waals surface area contributed by atoms with Crippen molar-refractivity contribution in [3.63, 3.8) is 0 Å². The fourth-order valence-corrected chi connectivity index (χ4v) is 4.91. The number of hydrogen-bond acceptors (Lipinski definition) is 5. The van der Waals surface area contributed by atoms with Crippen LogP contribution in [0.4, 0.5) is 13.6 Å². The van der Waals surface area contributed by atoms with Gasteiger partial charge < -0.3 is 20.5 Å². The van der Waals surface area contributed by atoms with Crippen LogP contribution in [0, 0.1) is 0 Å². The van der Waals surface area contributed by atoms with E-state index in [0.717, 1.165) is 33.6 Å². The number of rotatable bonds is 9. The Hall–Kier alpha value is -3.79. The molecule has 2 amide bonds. The van der Waals surface area contributed by atoms with Crippen molar-refractivity contribution in [2.45, 2.75) is 30.8 Å². The van der Waals surface area contributed by atoms with Crippen LogP contribution in [0.5, 0.6) is 0 Å². The van der Waals surface area contributed by atoms with E-state index in [0.29, 0.717) is 4.88 Å². The molecule has 0 spiro atoms. The van der Waals surface area contributed by atoms with Gasteiger partial charge in [0.05, 0.1) is 0 Å². The summed E-state index contributed by atoms with van der Waals surface area (Å²) in [5.74, 6) is -2.71. The molecule has 4 rings (SSSR count). The van der Waals surface area contributed by atoms with E-state index in [-0.39, 0.29) is 12.5 Å². The fourth-order valence-electron chi connectivity index (χ4n) is 4.13. The van der Waals surface area contributed by atoms with Crippen molar-refractivity contribution >= 4 is 29.3 Å². The number of carbonyl (C=O) groups is 3. The van der Waals surface area contributed by atoms with Gasteiger partial charge in [0.25, 0.3) is 0 Å². The molecule has 35 heavy (non-hydrogen) atoms. The Balaban J connectivity index is 1.46. The molecule has 1 aliphatic rings. The predicted molar refractivity (Wildman–Crippen MR) is 125 cm³/mol. The number of carboxylic acids is 1. The van der Waals surface area contributed by atoms with Crippen molar-refractivity contribution in [2.75, 3.05) is 6.61 Å². The highest BCUT2D eigenvalue weighted by atomic mass is 32.1. The van der Waals surface area contributed by atoms with Crippen molar-refractivity contribution in [1.82, 2.24) is 10.6 Å². The van der Waals surface area contributed by atoms with E-state index in [9.17, 15) is 28.3 Å². The summed E-state index contributed by atoms with van der Waals surface area (Å²) in [6.07, 6.45) is -4.86. The Morgan fingerprint density at radius 1 is 0.943 bits per heavy atom. The first-order valence-electron chi connectivity index (χ1n) is 10.8. The van der Waals surface area contributed by atoms with Crippen LogP contribution in [0.3, 0.4) is 0 Å². The van der Waals surface area contributed by atoms with Crippen molar-refractivity contribution in [2.24, 2.45) is 0 Å². The van der Waals surface area contributed by atoms with Crippen LogP contribution >= 0.6 is 11.3 Å². The molecule has 0 saturated carbocycles. The molecule has 1 heterocycles. The molecule has 2 unspecified atom stereocenters. The molecular formula is C25H22F2N2O5S. The standard InChI is InChI=1S/C25H22F2N2O5S/c26-21(27)12-19(24(31)32)28-23(30)22(20-10-5-11-35-20)29-25(33)34-13-18-16-8-3-1-6-14(16)15-7-2-4-9-17(15)18/h1-11,18-19,21-22H,12-13H2,(H,28,30)(H,29,33)(H,31,32). The van der Waals surface area contributed by atoms with Gasteiger partial charge in [0.15, 0.2) is 0 Å². The van der Waals surface area contributed by atoms with E-state index < -0.39 is 42.9 Å². The molecule has 0 bridgehead atoms. The third-order valence-electron chi connectivity index (χ3n) is 5.72. The van der Waals surface area contributed by atoms with Gasteiger partial charge in [-0.3, -0.25) is 4.79 Å². The van der Waals surface area contributed by atoms with E-state index in [1.807, 2.05) is 48.5 Å². The molecule has 0 radical (unpaired) electrons. The molecule has 3 aromatic rings. The number of amides is 2. The van der Waals surface area contributed by atoms with E-state index >= 15 is 0 Å². The number of carbonyl (C=O) groups excluding carboxylic acids is 2. The average Bonchev–Trinajstić information content (AvgIpc) is 3.47. The molecule has 3 N–H and O–H groups in total. The van der Waals surface area contributed by atoms with Gasteiger partial charge in [0.1, 0.15) is 18.7 Å². The van der Waals surface area contributed by atoms with Crippen LogP contribution in [0.1, 0.15) is 34.4 Å². The highest BCUT2D eigenvalue weighted by Gasteiger charge is 2.32. The second-order valence-electron chi connectivity index (χ2n) is 7.94. The number of thiophene rings is 1. The zero-order valence-corrected chi connectivity index (χ0v) is 19.1. The monoisotopic (exact) mass is 500 g/mol. The number of ether oxygens (including phenoxy) is 1. The maximum atomic E-state index is 12.8. The molecule has 0 aliphatic heterocycles. The summed E-state index contributed by atoms with van der Waals surface area (Å²) in [7, 11) is 0. The number of benzene rings is 2. The number of aliphatic carboxylic acids is 1. The van der Waals surface area contributed by atoms with Gasteiger partial charge >= 0.3 is 12.1 Å². The fraction of sp³-hybridized carbons (Fsp3) is 0.240. The first-order chi connectivity index (χ1) is 16.8. The lowest BCUT2D eigenvalue weighted by Gasteiger charge is -2.21. The predicted octanol–water partition coefficient (Wildman–Crippen LogP) is 4.55. The third kappa shape index (κ3) is 5.48. The Bertz CT molecular complexity index is 1170. The lowest BCUT2D eigenvalue weighted by molar-refractivity contribution is -0.143. The second kappa shape index (κ2) is 10.6. The van der Waals surface area contributed by atoms with E-state index in [2.05, 4.69) is 10.6 Å². The summed E-state index contributed by atoms with van der Waals surface area (Å²) >= 11 is 1.15. The maximum absolute atomic E-state index is 12.8. The normalized spacial score (nSPS) is 14.0. The summed E-state index contributed by atoms with van der Waals surface area (Å²) in [6.45, 7) is 0.0156. The van der Waals surface area contributed by atoms with Crippen LogP contribution < -0.4 is 10.6 Å². The molecule has 1 aliphatic carbocycles. The minimum absolute atomic E-state index is 0.0156. The van der Waals surface area contributed by atoms with Crippen LogP contribution in [0.15, 0.2) is 66.0 Å². The van der Waals surface area contributed by atoms with Crippen molar-refractivity contribution < 1.29 is 33.0 Å². The molecule has 182 valence electrons. The summed E-state index contributed by atoms with van der Waals surface area (Å²) < 4.78 is 30.9. The summed E-state index contributed by atoms with van der Waals surface area (Å²) in [4.78, 5) is 37.2. The molecule has 2 atom stereocenters. The van der Waals surface area contributed by atoms with E-state index in [4.69, 9.17) is 4.74 Å². The van der Waals surface area contributed by atoms with Gasteiger partial charge in [-0.05, 0) is 33.7 Å². The van der Waals surface area contributed by atoms with Crippen LogP contribution in [0.25, 0.3) is 11.1 Å². The highest BCUT2D eigenvalue weighted by Crippen LogP contribution is 2.44. The lowest BCUT2D eigenvalue weighted by Crippen LogP contribution is -2.48. The number of nitrogens with one attached hydrogen (secondary N) is 2. The van der Waals surface area contributed by atoms with Crippen LogP contribution in [-0.4, -0.2) is 42.2 Å². The molecular weight excluding hydrogens is 478 g/mol. The molecule has 10 heteroatoms. The summed E-state index contributed by atoms with van der Waals surface area (Å²) in [5.41, 5.74) is 4.16. The van der Waals surface area contributed by atoms with Gasteiger partial charge in [0, 0.05) is 17.2 Å². The molecule has 0 saturated heterocycles. The van der Waals surface area contributed by atoms with Crippen molar-refractivity contribution in [1.29, 1.82) is 0 Å². The van der Waals surface area contributed by atoms with E-state index in [1.165, 1.54) is 0 Å². The molecule has 0 fully saturated rings. The number of fused-ring (bicyclic) bond motifs is 3. The quantitative estimate of drug-likeness (QED) is 0.400. The molecule has 1 aromatic heterocycles. The number of alkyl halides is 2. The summed E-state index contributed by atoms with van der Waals surface area (Å²) in [5, 5.41) is 15.4. The smallest absolute Gasteiger partial charge is 0.408 e. The van der Waals surface area contributed by atoms with Gasteiger partial charge in [-0.25, -0.2) is 18.4 Å². The topological polar surface area (TPSA) is 105 Å². The zero-order chi connectivity index (χ0) is 24.9. The van der Waals surface area contributed by atoms with Crippen LogP contribution in [-0.2, 0) is 14.3 Å². The Labute approximate surface area is 203 Å². The number of hydrogen-bond donors (Lipinski definition) is 3. The van der Waals surface area contributed by atoms with Gasteiger partial charge in [0.2, 0.25) is 12.3 Å². The average molecular weight is 501 g/mol. The minimum Gasteiger partial charge on any atom is -0.480 e. The Kier molecular flexibility index (Phi) is 7.40. The zero-order valence-electron chi connectivity index (χ0n) is 18.3. The van der Waals surface area contributed by atoms with Gasteiger partial charge in [-0.2, -0.15) is 0 Å². The number of halogens is 2. The number of alkyl carbamates (subject to hydrolysis) is 1. The SMILES string of the molecule is O=C(NC(C(=O)NC(CC(F)F)C(=O)O)c1cccs1)OCC1c2ccccc2-c2ccccc21. The first-order valence-corrected chi connectivity index (χ1v) is 11.7. The van der Waals surface area contributed by atoms with Crippen molar-refractivity contribution in [3.8, 4) is 11.1 Å². The van der Waals surface area contributed by atoms with Crippen molar-refractivity contribution in [3.05, 3.63) is 82.0 Å². The second-order valence-corrected chi connectivity index (χ2v) is 8.92.